The molecule has 1 aliphatic rings. The molecule has 0 radical (unpaired) electrons. The zero-order valence-electron chi connectivity index (χ0n) is 20.5. The van der Waals surface area contributed by atoms with Gasteiger partial charge in [-0.2, -0.15) is 0 Å². The second kappa shape index (κ2) is 10.6. The first-order valence-corrected chi connectivity index (χ1v) is 11.7. The molecule has 1 aliphatic heterocycles. The van der Waals surface area contributed by atoms with Gasteiger partial charge in [0.15, 0.2) is 5.82 Å². The summed E-state index contributed by atoms with van der Waals surface area (Å²) in [4.78, 5) is 19.5. The molecule has 4 heterocycles. The number of benzene rings is 1. The molecule has 0 aliphatic carbocycles. The van der Waals surface area contributed by atoms with E-state index in [1.807, 2.05) is 57.2 Å². The van der Waals surface area contributed by atoms with E-state index >= 15 is 0 Å². The highest BCUT2D eigenvalue weighted by molar-refractivity contribution is 5.87. The lowest BCUT2D eigenvalue weighted by Gasteiger charge is -2.17. The molecule has 34 heavy (non-hydrogen) atoms. The number of aromatic nitrogens is 4. The number of hydrogen-bond donors (Lipinski definition) is 0. The summed E-state index contributed by atoms with van der Waals surface area (Å²) in [6.45, 7) is 6.56. The van der Waals surface area contributed by atoms with E-state index in [-0.39, 0.29) is 12.3 Å². The van der Waals surface area contributed by atoms with Gasteiger partial charge in [-0.3, -0.25) is 4.98 Å². The molecule has 0 amide bonds. The van der Waals surface area contributed by atoms with Crippen molar-refractivity contribution in [2.75, 3.05) is 20.7 Å². The average Bonchev–Trinajstić information content (AvgIpc) is 3.50. The van der Waals surface area contributed by atoms with Crippen molar-refractivity contribution >= 4 is 34.1 Å². The predicted molar refractivity (Wildman–Crippen MR) is 136 cm³/mol. The van der Waals surface area contributed by atoms with Gasteiger partial charge in [-0.05, 0) is 43.5 Å². The third-order valence-electron chi connectivity index (χ3n) is 5.62. The molecule has 4 aromatic rings. The highest BCUT2D eigenvalue weighted by Gasteiger charge is 2.28. The average molecular weight is 461 g/mol. The molecule has 1 saturated heterocycles. The maximum atomic E-state index is 6.32. The molecular weight excluding hydrogens is 428 g/mol. The van der Waals surface area contributed by atoms with Crippen LogP contribution in [0, 0.1) is 6.92 Å². The van der Waals surface area contributed by atoms with Crippen LogP contribution in [0.25, 0.3) is 21.9 Å². The molecule has 0 spiro atoms. The van der Waals surface area contributed by atoms with Crippen LogP contribution in [0.5, 0.6) is 5.75 Å². The molecule has 8 nitrogen and oxygen atoms in total. The quantitative estimate of drug-likeness (QED) is 0.287. The van der Waals surface area contributed by atoms with Crippen molar-refractivity contribution in [3.05, 3.63) is 54.6 Å². The van der Waals surface area contributed by atoms with Crippen LogP contribution in [0.15, 0.2) is 54.0 Å². The van der Waals surface area contributed by atoms with Gasteiger partial charge < -0.3 is 18.9 Å². The summed E-state index contributed by atoms with van der Waals surface area (Å²) in [5.74, 6) is 1.51. The monoisotopic (exact) mass is 460 g/mol. The van der Waals surface area contributed by atoms with E-state index in [1.54, 1.807) is 18.9 Å². The standard InChI is InChI=1S/C24H26N6O2.C2H6/c1-16-11-17-5-4-9-25-20(17)12-21(16)31-13-18-6-7-22(32-18)30-10-8-19-23(28-15-29(2)3)26-14-27-24(19)30;1-2/h4-5,8-12,14-15,18,22H,6-7,13H2,1-3H3;1-2H3/b28-15+;. The van der Waals surface area contributed by atoms with Gasteiger partial charge in [0.1, 0.15) is 30.6 Å². The molecule has 8 heteroatoms. The van der Waals surface area contributed by atoms with Crippen molar-refractivity contribution in [1.29, 1.82) is 0 Å². The highest BCUT2D eigenvalue weighted by Crippen LogP contribution is 2.33. The number of hydrogen-bond acceptors (Lipinski definition) is 6. The van der Waals surface area contributed by atoms with Crippen molar-refractivity contribution in [2.24, 2.45) is 4.99 Å². The number of fused-ring (bicyclic) bond motifs is 2. The summed E-state index contributed by atoms with van der Waals surface area (Å²) in [5, 5.41) is 2.03. The van der Waals surface area contributed by atoms with Gasteiger partial charge in [-0.1, -0.05) is 19.9 Å². The summed E-state index contributed by atoms with van der Waals surface area (Å²) in [7, 11) is 3.86. The number of rotatable bonds is 6. The fraction of sp³-hybridized carbons (Fsp3) is 0.385. The Balaban J connectivity index is 0.00000133. The summed E-state index contributed by atoms with van der Waals surface area (Å²) >= 11 is 0. The van der Waals surface area contributed by atoms with E-state index in [1.165, 1.54) is 0 Å². The van der Waals surface area contributed by atoms with Gasteiger partial charge in [0.2, 0.25) is 0 Å². The summed E-state index contributed by atoms with van der Waals surface area (Å²) in [5.41, 5.74) is 2.86. The number of ether oxygens (including phenoxy) is 2. The summed E-state index contributed by atoms with van der Waals surface area (Å²) in [6, 6.07) is 10.1. The molecule has 178 valence electrons. The highest BCUT2D eigenvalue weighted by atomic mass is 16.6. The first kappa shape index (κ1) is 23.6. The first-order chi connectivity index (χ1) is 16.6. The third-order valence-corrected chi connectivity index (χ3v) is 5.62. The van der Waals surface area contributed by atoms with E-state index in [4.69, 9.17) is 9.47 Å². The Hall–Kier alpha value is -3.52. The second-order valence-electron chi connectivity index (χ2n) is 8.28. The fourth-order valence-electron chi connectivity index (χ4n) is 4.03. The van der Waals surface area contributed by atoms with E-state index in [2.05, 4.69) is 43.6 Å². The SMILES string of the molecule is CC.Cc1cc2cccnc2cc1OCC1CCC(n2ccc3c(/N=C/N(C)C)ncnc32)O1. The van der Waals surface area contributed by atoms with Crippen molar-refractivity contribution in [3.63, 3.8) is 0 Å². The molecule has 0 bridgehead atoms. The lowest BCUT2D eigenvalue weighted by atomic mass is 10.1. The molecule has 0 saturated carbocycles. The fourth-order valence-corrected chi connectivity index (χ4v) is 4.03. The van der Waals surface area contributed by atoms with Gasteiger partial charge >= 0.3 is 0 Å². The summed E-state index contributed by atoms with van der Waals surface area (Å²) in [6.07, 6.45) is 8.85. The first-order valence-electron chi connectivity index (χ1n) is 11.7. The minimum Gasteiger partial charge on any atom is -0.491 e. The van der Waals surface area contributed by atoms with Gasteiger partial charge in [0, 0.05) is 37.9 Å². The van der Waals surface area contributed by atoms with E-state index in [0.29, 0.717) is 12.4 Å². The number of aliphatic imine (C=N–C) groups is 1. The number of aryl methyl sites for hydroxylation is 1. The smallest absolute Gasteiger partial charge is 0.166 e. The van der Waals surface area contributed by atoms with Gasteiger partial charge in [-0.15, -0.1) is 0 Å². The lowest BCUT2D eigenvalue weighted by molar-refractivity contribution is -0.0156. The molecule has 3 aromatic heterocycles. The largest absolute Gasteiger partial charge is 0.491 e. The minimum atomic E-state index is -0.0824. The zero-order chi connectivity index (χ0) is 24.1. The number of nitrogens with zero attached hydrogens (tertiary/aromatic N) is 6. The molecule has 1 aromatic carbocycles. The normalized spacial score (nSPS) is 17.8. The Morgan fingerprint density at radius 3 is 2.85 bits per heavy atom. The zero-order valence-corrected chi connectivity index (χ0v) is 20.5. The molecule has 1 fully saturated rings. The van der Waals surface area contributed by atoms with Crippen molar-refractivity contribution < 1.29 is 9.47 Å². The third kappa shape index (κ3) is 5.02. The molecule has 0 N–H and O–H groups in total. The molecule has 5 rings (SSSR count). The summed E-state index contributed by atoms with van der Waals surface area (Å²) < 4.78 is 14.5. The molecule has 2 atom stereocenters. The van der Waals surface area contributed by atoms with Gasteiger partial charge in [0.05, 0.1) is 23.3 Å². The number of pyridine rings is 1. The van der Waals surface area contributed by atoms with Crippen LogP contribution in [0.3, 0.4) is 0 Å². The van der Waals surface area contributed by atoms with Crippen molar-refractivity contribution in [1.82, 2.24) is 24.4 Å². The van der Waals surface area contributed by atoms with Crippen LogP contribution in [0.1, 0.15) is 38.5 Å². The Kier molecular flexibility index (Phi) is 7.37. The van der Waals surface area contributed by atoms with Crippen LogP contribution in [0.4, 0.5) is 5.82 Å². The van der Waals surface area contributed by atoms with Gasteiger partial charge in [0.25, 0.3) is 0 Å². The Bertz CT molecular complexity index is 1280. The predicted octanol–water partition coefficient (Wildman–Crippen LogP) is 5.29. The molecular formula is C26H32N6O2. The minimum absolute atomic E-state index is 0.0179. The van der Waals surface area contributed by atoms with E-state index in [9.17, 15) is 0 Å². The van der Waals surface area contributed by atoms with Crippen LogP contribution >= 0.6 is 0 Å². The van der Waals surface area contributed by atoms with Crippen molar-refractivity contribution in [3.8, 4) is 5.75 Å². The topological polar surface area (TPSA) is 77.7 Å². The van der Waals surface area contributed by atoms with Crippen molar-refractivity contribution in [2.45, 2.75) is 45.9 Å². The Morgan fingerprint density at radius 1 is 1.18 bits per heavy atom. The molecule has 2 unspecified atom stereocenters. The van der Waals surface area contributed by atoms with Crippen LogP contribution < -0.4 is 4.74 Å². The van der Waals surface area contributed by atoms with E-state index < -0.39 is 0 Å². The lowest BCUT2D eigenvalue weighted by Crippen LogP contribution is -2.18. The second-order valence-corrected chi connectivity index (χ2v) is 8.28. The Morgan fingerprint density at radius 2 is 2.03 bits per heavy atom. The van der Waals surface area contributed by atoms with Crippen LogP contribution in [0.2, 0.25) is 0 Å². The van der Waals surface area contributed by atoms with Crippen LogP contribution in [-0.4, -0.2) is 57.6 Å². The Labute approximate surface area is 200 Å². The van der Waals surface area contributed by atoms with E-state index in [0.717, 1.165) is 46.1 Å². The van der Waals surface area contributed by atoms with Gasteiger partial charge in [-0.25, -0.2) is 15.0 Å². The van der Waals surface area contributed by atoms with Crippen LogP contribution in [-0.2, 0) is 4.74 Å². The maximum absolute atomic E-state index is 6.32. The maximum Gasteiger partial charge on any atom is 0.166 e.